The maximum Gasteiger partial charge on any atom is 0.102 e. The fourth-order valence-corrected chi connectivity index (χ4v) is 1.70. The van der Waals surface area contributed by atoms with Crippen LogP contribution in [0.4, 0.5) is 0 Å². The lowest BCUT2D eigenvalue weighted by molar-refractivity contribution is 1.26. The van der Waals surface area contributed by atoms with Gasteiger partial charge in [0.1, 0.15) is 5.52 Å². The first-order valence-electron chi connectivity index (χ1n) is 3.65. The van der Waals surface area contributed by atoms with E-state index < -0.39 is 0 Å². The van der Waals surface area contributed by atoms with Gasteiger partial charge < -0.3 is 0 Å². The van der Waals surface area contributed by atoms with E-state index in [1.807, 2.05) is 18.4 Å². The summed E-state index contributed by atoms with van der Waals surface area (Å²) in [5, 5.41) is 0. The molecule has 0 radical (unpaired) electrons. The molecule has 0 spiro atoms. The summed E-state index contributed by atoms with van der Waals surface area (Å²) >= 11 is 1.70. The van der Waals surface area contributed by atoms with Crippen LogP contribution in [0.3, 0.4) is 0 Å². The van der Waals surface area contributed by atoms with Crippen LogP contribution in [0.15, 0.2) is 35.5 Å². The minimum Gasteiger partial charge on any atom is -0.253 e. The van der Waals surface area contributed by atoms with Crippen molar-refractivity contribution in [1.29, 1.82) is 0 Å². The Labute approximate surface area is 75.0 Å². The van der Waals surface area contributed by atoms with Gasteiger partial charge in [-0.25, -0.2) is 0 Å². The molecule has 1 aromatic carbocycles. The van der Waals surface area contributed by atoms with Gasteiger partial charge in [-0.15, -0.1) is 11.8 Å². The van der Waals surface area contributed by atoms with Gasteiger partial charge in [-0.05, 0) is 18.4 Å². The number of benzene rings is 1. The van der Waals surface area contributed by atoms with Crippen molar-refractivity contribution in [3.63, 3.8) is 0 Å². The highest BCUT2D eigenvalue weighted by atomic mass is 32.2. The summed E-state index contributed by atoms with van der Waals surface area (Å²) in [6.07, 6.45) is 5.48. The molecule has 0 amide bonds. The largest absolute Gasteiger partial charge is 0.253 e. The van der Waals surface area contributed by atoms with Gasteiger partial charge in [0, 0.05) is 17.3 Å². The zero-order valence-corrected chi connectivity index (χ0v) is 7.51. The van der Waals surface area contributed by atoms with Crippen molar-refractivity contribution < 1.29 is 0 Å². The molecule has 12 heavy (non-hydrogen) atoms. The van der Waals surface area contributed by atoms with Crippen LogP contribution in [-0.4, -0.2) is 16.2 Å². The Morgan fingerprint density at radius 3 is 2.83 bits per heavy atom. The fourth-order valence-electron chi connectivity index (χ4n) is 1.13. The second-order valence-electron chi connectivity index (χ2n) is 2.38. The van der Waals surface area contributed by atoms with Crippen molar-refractivity contribution in [2.75, 3.05) is 6.26 Å². The molecule has 3 heteroatoms. The smallest absolute Gasteiger partial charge is 0.102 e. The highest BCUT2D eigenvalue weighted by molar-refractivity contribution is 7.98. The Kier molecular flexibility index (Phi) is 1.96. The van der Waals surface area contributed by atoms with E-state index in [9.17, 15) is 0 Å². The molecule has 1 heterocycles. The molecule has 0 N–H and O–H groups in total. The van der Waals surface area contributed by atoms with Gasteiger partial charge in [0.25, 0.3) is 0 Å². The number of hydrogen-bond donors (Lipinski definition) is 0. The molecular weight excluding hydrogens is 168 g/mol. The molecule has 1 aromatic heterocycles. The van der Waals surface area contributed by atoms with Crippen LogP contribution >= 0.6 is 11.8 Å². The van der Waals surface area contributed by atoms with Crippen molar-refractivity contribution in [1.82, 2.24) is 9.97 Å². The molecule has 0 fully saturated rings. The molecule has 0 bridgehead atoms. The van der Waals surface area contributed by atoms with Gasteiger partial charge in [0.15, 0.2) is 0 Å². The van der Waals surface area contributed by atoms with E-state index in [0.717, 1.165) is 11.0 Å². The summed E-state index contributed by atoms with van der Waals surface area (Å²) in [5.41, 5.74) is 1.96. The summed E-state index contributed by atoms with van der Waals surface area (Å²) in [6, 6.07) is 6.03. The number of hydrogen-bond acceptors (Lipinski definition) is 3. The molecule has 0 atom stereocenters. The minimum absolute atomic E-state index is 0.962. The standard InChI is InChI=1S/C9H8N2S/c1-12-8-4-2-3-7-9(8)11-6-5-10-7/h2-6H,1H3. The Morgan fingerprint density at radius 2 is 2.00 bits per heavy atom. The first-order valence-corrected chi connectivity index (χ1v) is 4.88. The molecule has 0 unspecified atom stereocenters. The Hall–Kier alpha value is -1.09. The lowest BCUT2D eigenvalue weighted by Crippen LogP contribution is -1.83. The molecule has 0 aliphatic heterocycles. The van der Waals surface area contributed by atoms with Crippen LogP contribution in [0.1, 0.15) is 0 Å². The normalized spacial score (nSPS) is 10.4. The maximum atomic E-state index is 4.27. The van der Waals surface area contributed by atoms with Gasteiger partial charge in [-0.3, -0.25) is 9.97 Å². The van der Waals surface area contributed by atoms with E-state index in [1.165, 1.54) is 4.90 Å². The quantitative estimate of drug-likeness (QED) is 0.624. The molecule has 0 aliphatic rings. The van der Waals surface area contributed by atoms with E-state index in [4.69, 9.17) is 0 Å². The summed E-state index contributed by atoms with van der Waals surface area (Å²) in [4.78, 5) is 9.66. The topological polar surface area (TPSA) is 25.8 Å². The Bertz CT molecular complexity index is 395. The maximum absolute atomic E-state index is 4.27. The van der Waals surface area contributed by atoms with Crippen LogP contribution in [-0.2, 0) is 0 Å². The van der Waals surface area contributed by atoms with Crippen LogP contribution in [0, 0.1) is 0 Å². The summed E-state index contributed by atoms with van der Waals surface area (Å²) in [5.74, 6) is 0. The van der Waals surface area contributed by atoms with Crippen molar-refractivity contribution >= 4 is 22.8 Å². The third-order valence-corrected chi connectivity index (χ3v) is 2.45. The fraction of sp³-hybridized carbons (Fsp3) is 0.111. The number of rotatable bonds is 1. The third-order valence-electron chi connectivity index (χ3n) is 1.68. The van der Waals surface area contributed by atoms with E-state index in [-0.39, 0.29) is 0 Å². The SMILES string of the molecule is CSc1cccc2nccnc12. The minimum atomic E-state index is 0.962. The number of thioether (sulfide) groups is 1. The van der Waals surface area contributed by atoms with Crippen molar-refractivity contribution in [3.05, 3.63) is 30.6 Å². The van der Waals surface area contributed by atoms with Gasteiger partial charge in [0.05, 0.1) is 5.52 Å². The number of nitrogens with zero attached hydrogens (tertiary/aromatic N) is 2. The van der Waals surface area contributed by atoms with Crippen LogP contribution in [0.5, 0.6) is 0 Å². The molecule has 0 saturated carbocycles. The average Bonchev–Trinajstić information content (AvgIpc) is 2.17. The molecule has 2 rings (SSSR count). The highest BCUT2D eigenvalue weighted by Gasteiger charge is 1.99. The highest BCUT2D eigenvalue weighted by Crippen LogP contribution is 2.22. The second kappa shape index (κ2) is 3.11. The first-order chi connectivity index (χ1) is 5.92. The predicted octanol–water partition coefficient (Wildman–Crippen LogP) is 2.35. The van der Waals surface area contributed by atoms with Gasteiger partial charge >= 0.3 is 0 Å². The lowest BCUT2D eigenvalue weighted by atomic mass is 10.3. The Morgan fingerprint density at radius 1 is 1.17 bits per heavy atom. The van der Waals surface area contributed by atoms with E-state index in [0.29, 0.717) is 0 Å². The monoisotopic (exact) mass is 176 g/mol. The second-order valence-corrected chi connectivity index (χ2v) is 3.23. The summed E-state index contributed by atoms with van der Waals surface area (Å²) < 4.78 is 0. The molecule has 2 aromatic rings. The van der Waals surface area contributed by atoms with Crippen molar-refractivity contribution in [3.8, 4) is 0 Å². The van der Waals surface area contributed by atoms with Crippen LogP contribution < -0.4 is 0 Å². The first kappa shape index (κ1) is 7.55. The number of para-hydroxylation sites is 1. The molecule has 0 saturated heterocycles. The van der Waals surface area contributed by atoms with E-state index >= 15 is 0 Å². The Balaban J connectivity index is 2.79. The molecule has 60 valence electrons. The molecule has 0 aliphatic carbocycles. The van der Waals surface area contributed by atoms with Gasteiger partial charge in [-0.2, -0.15) is 0 Å². The zero-order chi connectivity index (χ0) is 8.39. The van der Waals surface area contributed by atoms with Crippen molar-refractivity contribution in [2.24, 2.45) is 0 Å². The molecular formula is C9H8N2S. The number of aromatic nitrogens is 2. The summed E-state index contributed by atoms with van der Waals surface area (Å²) in [7, 11) is 0. The predicted molar refractivity (Wildman–Crippen MR) is 51.3 cm³/mol. The lowest BCUT2D eigenvalue weighted by Gasteiger charge is -1.99. The average molecular weight is 176 g/mol. The molecule has 2 nitrogen and oxygen atoms in total. The zero-order valence-electron chi connectivity index (χ0n) is 6.69. The number of fused-ring (bicyclic) bond motifs is 1. The van der Waals surface area contributed by atoms with Gasteiger partial charge in [-0.1, -0.05) is 6.07 Å². The van der Waals surface area contributed by atoms with Crippen LogP contribution in [0.25, 0.3) is 11.0 Å². The van der Waals surface area contributed by atoms with E-state index in [1.54, 1.807) is 24.2 Å². The van der Waals surface area contributed by atoms with Crippen LogP contribution in [0.2, 0.25) is 0 Å². The van der Waals surface area contributed by atoms with E-state index in [2.05, 4.69) is 16.0 Å². The van der Waals surface area contributed by atoms with Crippen molar-refractivity contribution in [2.45, 2.75) is 4.90 Å². The summed E-state index contributed by atoms with van der Waals surface area (Å²) in [6.45, 7) is 0. The third kappa shape index (κ3) is 1.16. The van der Waals surface area contributed by atoms with Gasteiger partial charge in [0.2, 0.25) is 0 Å².